The van der Waals surface area contributed by atoms with E-state index in [1.165, 1.54) is 40.2 Å². The summed E-state index contributed by atoms with van der Waals surface area (Å²) in [5.41, 5.74) is -0.284. The maximum Gasteiger partial charge on any atom is 0.350 e. The Hall–Kier alpha value is -3.24. The fourth-order valence-electron chi connectivity index (χ4n) is 5.73. The zero-order valence-electron chi connectivity index (χ0n) is 21.3. The van der Waals surface area contributed by atoms with Crippen molar-refractivity contribution in [3.05, 3.63) is 68.9 Å². The fraction of sp³-hybridized carbons (Fsp3) is 0.444. The summed E-state index contributed by atoms with van der Waals surface area (Å²) in [6.45, 7) is 3.56. The highest BCUT2D eigenvalue weighted by Gasteiger charge is 2.38. The van der Waals surface area contributed by atoms with E-state index in [0.29, 0.717) is 11.6 Å². The van der Waals surface area contributed by atoms with Crippen LogP contribution in [0.25, 0.3) is 5.69 Å². The Morgan fingerprint density at radius 1 is 1.11 bits per heavy atom. The molecule has 1 saturated carbocycles. The molecule has 1 aliphatic heterocycles. The molecule has 38 heavy (non-hydrogen) atoms. The van der Waals surface area contributed by atoms with Crippen molar-refractivity contribution in [2.45, 2.75) is 65.1 Å². The standard InChI is InChI=1S/C27H30ClF2N5O3/c1-3-32-24(14-36)31-35(27(32)38)23-13-22-18(12-21(23)30)26(37)34(25-19(28)10-7-11-20(25)29)15-33(22)16(2)17-8-5-4-6-9-17/h7,10-13,16-17,36H,3-6,8-9,14-15H2,1-2H3. The van der Waals surface area contributed by atoms with E-state index in [2.05, 4.69) is 12.0 Å². The maximum atomic E-state index is 15.6. The van der Waals surface area contributed by atoms with Gasteiger partial charge >= 0.3 is 5.69 Å². The van der Waals surface area contributed by atoms with Gasteiger partial charge in [0.1, 0.15) is 29.6 Å². The van der Waals surface area contributed by atoms with Crippen molar-refractivity contribution in [1.82, 2.24) is 14.3 Å². The van der Waals surface area contributed by atoms with Gasteiger partial charge in [-0.2, -0.15) is 4.68 Å². The molecule has 2 heterocycles. The largest absolute Gasteiger partial charge is 0.388 e. The lowest BCUT2D eigenvalue weighted by atomic mass is 9.83. The number of para-hydroxylation sites is 1. The molecule has 2 aliphatic rings. The minimum atomic E-state index is -0.837. The monoisotopic (exact) mass is 545 g/mol. The Kier molecular flexibility index (Phi) is 7.28. The van der Waals surface area contributed by atoms with E-state index in [1.807, 2.05) is 4.90 Å². The summed E-state index contributed by atoms with van der Waals surface area (Å²) < 4.78 is 32.7. The number of amides is 1. The first-order valence-electron chi connectivity index (χ1n) is 12.9. The van der Waals surface area contributed by atoms with Gasteiger partial charge in [-0.05, 0) is 56.9 Å². The van der Waals surface area contributed by atoms with Crippen molar-refractivity contribution in [3.63, 3.8) is 0 Å². The highest BCUT2D eigenvalue weighted by Crippen LogP contribution is 2.40. The van der Waals surface area contributed by atoms with Crippen LogP contribution in [0.1, 0.15) is 62.1 Å². The number of aromatic nitrogens is 3. The summed E-state index contributed by atoms with van der Waals surface area (Å²) in [5, 5.41) is 13.9. The van der Waals surface area contributed by atoms with E-state index in [-0.39, 0.29) is 47.0 Å². The minimum Gasteiger partial charge on any atom is -0.388 e. The second-order valence-electron chi connectivity index (χ2n) is 9.89. The third kappa shape index (κ3) is 4.39. The van der Waals surface area contributed by atoms with Crippen molar-refractivity contribution in [3.8, 4) is 5.69 Å². The molecule has 1 aromatic heterocycles. The zero-order chi connectivity index (χ0) is 27.1. The van der Waals surface area contributed by atoms with E-state index in [1.54, 1.807) is 6.92 Å². The van der Waals surface area contributed by atoms with Crippen LogP contribution < -0.4 is 15.5 Å². The third-order valence-corrected chi connectivity index (χ3v) is 8.10. The van der Waals surface area contributed by atoms with Gasteiger partial charge < -0.3 is 10.0 Å². The molecule has 0 saturated heterocycles. The SMILES string of the molecule is CCn1c(CO)nn(-c2cc3c(cc2F)C(=O)N(c2c(F)cccc2Cl)CN3C(C)C2CCCCC2)c1=O. The van der Waals surface area contributed by atoms with Crippen LogP contribution in [0.5, 0.6) is 0 Å². The molecular weight excluding hydrogens is 516 g/mol. The Balaban J connectivity index is 1.68. The lowest BCUT2D eigenvalue weighted by Gasteiger charge is -2.44. The summed E-state index contributed by atoms with van der Waals surface area (Å²) in [5.74, 6) is -1.65. The number of aliphatic hydroxyl groups is 1. The first-order chi connectivity index (χ1) is 18.3. The van der Waals surface area contributed by atoms with Gasteiger partial charge in [-0.1, -0.05) is 36.9 Å². The van der Waals surface area contributed by atoms with Crippen LogP contribution in [-0.2, 0) is 13.2 Å². The van der Waals surface area contributed by atoms with Gasteiger partial charge in [-0.25, -0.2) is 13.6 Å². The van der Waals surface area contributed by atoms with Gasteiger partial charge in [0.15, 0.2) is 5.82 Å². The van der Waals surface area contributed by atoms with Crippen molar-refractivity contribution in [1.29, 1.82) is 0 Å². The van der Waals surface area contributed by atoms with Crippen molar-refractivity contribution >= 4 is 28.9 Å². The van der Waals surface area contributed by atoms with Crippen LogP contribution in [0.2, 0.25) is 5.02 Å². The molecule has 11 heteroatoms. The second-order valence-corrected chi connectivity index (χ2v) is 10.3. The number of carbonyl (C=O) groups is 1. The average Bonchev–Trinajstić information content (AvgIpc) is 3.24. The number of aliphatic hydroxyl groups excluding tert-OH is 1. The minimum absolute atomic E-state index is 0.00934. The van der Waals surface area contributed by atoms with Gasteiger partial charge in [0.25, 0.3) is 5.91 Å². The van der Waals surface area contributed by atoms with Crippen LogP contribution in [-0.4, -0.2) is 38.1 Å². The van der Waals surface area contributed by atoms with Crippen LogP contribution in [0.3, 0.4) is 0 Å². The number of benzene rings is 2. The van der Waals surface area contributed by atoms with Crippen LogP contribution in [0, 0.1) is 17.6 Å². The molecule has 1 amide bonds. The molecule has 0 spiro atoms. The summed E-state index contributed by atoms with van der Waals surface area (Å²) in [6, 6.07) is 6.67. The van der Waals surface area contributed by atoms with E-state index in [0.717, 1.165) is 36.4 Å². The highest BCUT2D eigenvalue weighted by atomic mass is 35.5. The second kappa shape index (κ2) is 10.5. The molecule has 3 aromatic rings. The summed E-state index contributed by atoms with van der Waals surface area (Å²) in [4.78, 5) is 29.9. The maximum absolute atomic E-state index is 15.6. The van der Waals surface area contributed by atoms with Crippen LogP contribution in [0.15, 0.2) is 35.1 Å². The highest BCUT2D eigenvalue weighted by molar-refractivity contribution is 6.34. The van der Waals surface area contributed by atoms with Gasteiger partial charge in [0, 0.05) is 12.6 Å². The Labute approximate surface area is 224 Å². The molecule has 0 radical (unpaired) electrons. The number of anilines is 2. The lowest BCUT2D eigenvalue weighted by molar-refractivity contribution is 0.0978. The number of carbonyl (C=O) groups excluding carboxylic acids is 1. The normalized spacial score (nSPS) is 17.2. The van der Waals surface area contributed by atoms with E-state index >= 15 is 4.39 Å². The van der Waals surface area contributed by atoms with Gasteiger partial charge in [-0.15, -0.1) is 5.10 Å². The lowest BCUT2D eigenvalue weighted by Crippen LogP contribution is -2.53. The van der Waals surface area contributed by atoms with Gasteiger partial charge in [0.2, 0.25) is 0 Å². The Morgan fingerprint density at radius 3 is 2.47 bits per heavy atom. The average molecular weight is 546 g/mol. The predicted octanol–water partition coefficient (Wildman–Crippen LogP) is 4.87. The zero-order valence-corrected chi connectivity index (χ0v) is 22.1. The topological polar surface area (TPSA) is 83.6 Å². The molecule has 5 rings (SSSR count). The molecule has 8 nitrogen and oxygen atoms in total. The van der Waals surface area contributed by atoms with Crippen molar-refractivity contribution < 1.29 is 18.7 Å². The predicted molar refractivity (Wildman–Crippen MR) is 141 cm³/mol. The smallest absolute Gasteiger partial charge is 0.350 e. The fourth-order valence-corrected chi connectivity index (χ4v) is 5.99. The molecule has 1 N–H and O–H groups in total. The molecule has 1 fully saturated rings. The number of hydrogen-bond acceptors (Lipinski definition) is 5. The number of nitrogens with zero attached hydrogens (tertiary/aromatic N) is 5. The Bertz CT molecular complexity index is 1410. The molecule has 1 atom stereocenters. The van der Waals surface area contributed by atoms with E-state index in [9.17, 15) is 19.1 Å². The van der Waals surface area contributed by atoms with E-state index < -0.39 is 29.8 Å². The van der Waals surface area contributed by atoms with Gasteiger partial charge in [-0.3, -0.25) is 14.3 Å². The number of hydrogen-bond donors (Lipinski definition) is 1. The van der Waals surface area contributed by atoms with E-state index in [4.69, 9.17) is 11.6 Å². The summed E-state index contributed by atoms with van der Waals surface area (Å²) in [6.07, 6.45) is 5.38. The first-order valence-corrected chi connectivity index (χ1v) is 13.3. The molecule has 2 aromatic carbocycles. The molecular formula is C27H30ClF2N5O3. The quantitative estimate of drug-likeness (QED) is 0.478. The molecule has 0 bridgehead atoms. The summed E-state index contributed by atoms with van der Waals surface area (Å²) in [7, 11) is 0. The van der Waals surface area contributed by atoms with Crippen molar-refractivity contribution in [2.75, 3.05) is 16.5 Å². The van der Waals surface area contributed by atoms with Crippen molar-refractivity contribution in [2.24, 2.45) is 5.92 Å². The van der Waals surface area contributed by atoms with Crippen LogP contribution in [0.4, 0.5) is 20.2 Å². The molecule has 202 valence electrons. The molecule has 1 unspecified atom stereocenters. The third-order valence-electron chi connectivity index (χ3n) is 7.80. The molecule has 1 aliphatic carbocycles. The number of halogens is 3. The van der Waals surface area contributed by atoms with Gasteiger partial charge in [0.05, 0.1) is 22.9 Å². The Morgan fingerprint density at radius 2 is 1.84 bits per heavy atom. The number of fused-ring (bicyclic) bond motifs is 1. The number of rotatable bonds is 6. The summed E-state index contributed by atoms with van der Waals surface area (Å²) >= 11 is 6.33. The first kappa shape index (κ1) is 26.4. The van der Waals surface area contributed by atoms with Crippen LogP contribution >= 0.6 is 11.6 Å².